The fraction of sp³-hybridized carbons (Fsp3) is 0.250. The van der Waals surface area contributed by atoms with E-state index in [4.69, 9.17) is 0 Å². The molecule has 1 aromatic heterocycles. The lowest BCUT2D eigenvalue weighted by Gasteiger charge is -2.19. The van der Waals surface area contributed by atoms with E-state index < -0.39 is 0 Å². The Kier molecular flexibility index (Phi) is 2.02. The molecule has 4 rings (SSSR count). The number of para-hydroxylation sites is 1. The van der Waals surface area contributed by atoms with Gasteiger partial charge in [0.2, 0.25) is 0 Å². The quantitative estimate of drug-likeness (QED) is 0.718. The zero-order chi connectivity index (χ0) is 12.1. The summed E-state index contributed by atoms with van der Waals surface area (Å²) in [6, 6.07) is 7.67. The van der Waals surface area contributed by atoms with E-state index in [1.165, 1.54) is 0 Å². The summed E-state index contributed by atoms with van der Waals surface area (Å²) in [7, 11) is 0. The smallest absolute Gasteiger partial charge is 0.257 e. The van der Waals surface area contributed by atoms with Crippen molar-refractivity contribution in [1.82, 2.24) is 19.7 Å². The Bertz CT molecular complexity index is 639. The predicted molar refractivity (Wildman–Crippen MR) is 67.6 cm³/mol. The Morgan fingerprint density at radius 2 is 2.22 bits per heavy atom. The van der Waals surface area contributed by atoms with Crippen molar-refractivity contribution < 1.29 is 4.79 Å². The third kappa shape index (κ3) is 1.21. The molecule has 3 heterocycles. The Labute approximate surface area is 108 Å². The molecule has 0 bridgehead atoms. The number of carbonyl (C=O) groups excluding carboxylic acids is 1. The molecule has 1 saturated heterocycles. The minimum atomic E-state index is 0.0393. The van der Waals surface area contributed by atoms with Crippen molar-refractivity contribution in [2.24, 2.45) is 0 Å². The Morgan fingerprint density at radius 3 is 3.17 bits per heavy atom. The molecule has 0 spiro atoms. The van der Waals surface area contributed by atoms with Gasteiger partial charge in [0.25, 0.3) is 5.91 Å². The fourth-order valence-corrected chi connectivity index (χ4v) is 3.68. The van der Waals surface area contributed by atoms with Crippen molar-refractivity contribution in [2.75, 3.05) is 11.6 Å². The van der Waals surface area contributed by atoms with Crippen molar-refractivity contribution in [3.63, 3.8) is 0 Å². The van der Waals surface area contributed by atoms with Crippen LogP contribution in [0.4, 0.5) is 0 Å². The molecule has 0 radical (unpaired) electrons. The maximum absolute atomic E-state index is 12.5. The van der Waals surface area contributed by atoms with Gasteiger partial charge in [0.15, 0.2) is 5.82 Å². The van der Waals surface area contributed by atoms with Crippen molar-refractivity contribution in [3.8, 4) is 5.69 Å². The zero-order valence-electron chi connectivity index (χ0n) is 9.48. The van der Waals surface area contributed by atoms with E-state index in [-0.39, 0.29) is 11.9 Å². The van der Waals surface area contributed by atoms with E-state index in [1.54, 1.807) is 18.1 Å². The maximum Gasteiger partial charge on any atom is 0.257 e. The van der Waals surface area contributed by atoms with Gasteiger partial charge in [0.1, 0.15) is 12.4 Å². The molecule has 2 aromatic rings. The van der Waals surface area contributed by atoms with Crippen LogP contribution in [0.25, 0.3) is 5.69 Å². The van der Waals surface area contributed by atoms with Crippen LogP contribution in [-0.4, -0.2) is 37.2 Å². The highest BCUT2D eigenvalue weighted by atomic mass is 32.2. The summed E-state index contributed by atoms with van der Waals surface area (Å²) in [6.07, 6.45) is 1.69. The molecule has 5 nitrogen and oxygen atoms in total. The number of carbonyl (C=O) groups is 1. The first-order valence-electron chi connectivity index (χ1n) is 5.74. The minimum Gasteiger partial charge on any atom is -0.318 e. The molecule has 2 aliphatic rings. The summed E-state index contributed by atoms with van der Waals surface area (Å²) in [5.74, 6) is 2.56. The molecule has 1 fully saturated rings. The van der Waals surface area contributed by atoms with Gasteiger partial charge >= 0.3 is 0 Å². The monoisotopic (exact) mass is 258 g/mol. The van der Waals surface area contributed by atoms with Crippen molar-refractivity contribution in [3.05, 3.63) is 42.0 Å². The summed E-state index contributed by atoms with van der Waals surface area (Å²) in [5, 5.41) is 8.19. The Balaban J connectivity index is 2.04. The molecule has 6 heteroatoms. The topological polar surface area (TPSA) is 51.0 Å². The van der Waals surface area contributed by atoms with Gasteiger partial charge in [-0.1, -0.05) is 12.1 Å². The lowest BCUT2D eigenvalue weighted by molar-refractivity contribution is 0.0747. The number of nitrogens with zero attached hydrogens (tertiary/aromatic N) is 4. The molecule has 0 N–H and O–H groups in total. The molecule has 18 heavy (non-hydrogen) atoms. The second-order valence-corrected chi connectivity index (χ2v) is 5.37. The first-order valence-corrected chi connectivity index (χ1v) is 6.90. The van der Waals surface area contributed by atoms with Crippen molar-refractivity contribution in [1.29, 1.82) is 0 Å². The average molecular weight is 258 g/mol. The third-order valence-corrected chi connectivity index (χ3v) is 4.42. The largest absolute Gasteiger partial charge is 0.318 e. The zero-order valence-corrected chi connectivity index (χ0v) is 10.3. The maximum atomic E-state index is 12.5. The highest BCUT2D eigenvalue weighted by molar-refractivity contribution is 7.99. The summed E-state index contributed by atoms with van der Waals surface area (Å²) < 4.78 is 1.93. The van der Waals surface area contributed by atoms with E-state index in [0.29, 0.717) is 0 Å². The number of hydrogen-bond donors (Lipinski definition) is 0. The number of benzene rings is 1. The lowest BCUT2D eigenvalue weighted by Crippen LogP contribution is -2.30. The molecular formula is C12H10N4OS. The van der Waals surface area contributed by atoms with Crippen LogP contribution in [0.3, 0.4) is 0 Å². The molecule has 1 aromatic carbocycles. The van der Waals surface area contributed by atoms with Gasteiger partial charge in [-0.15, -0.1) is 22.0 Å². The van der Waals surface area contributed by atoms with E-state index in [9.17, 15) is 4.79 Å². The third-order valence-electron chi connectivity index (χ3n) is 3.41. The second-order valence-electron chi connectivity index (χ2n) is 4.37. The highest BCUT2D eigenvalue weighted by Crippen LogP contribution is 2.37. The van der Waals surface area contributed by atoms with Crippen molar-refractivity contribution in [2.45, 2.75) is 6.04 Å². The molecule has 1 amide bonds. The van der Waals surface area contributed by atoms with E-state index in [0.717, 1.165) is 28.7 Å². The van der Waals surface area contributed by atoms with E-state index in [2.05, 4.69) is 10.2 Å². The SMILES string of the molecule is O=C1c2ccccc2-n2cnnc2[C@@H]2CSCN12. The van der Waals surface area contributed by atoms with Crippen LogP contribution in [0.15, 0.2) is 30.6 Å². The van der Waals surface area contributed by atoms with Crippen LogP contribution in [0.2, 0.25) is 0 Å². The number of amides is 1. The van der Waals surface area contributed by atoms with Crippen molar-refractivity contribution >= 4 is 17.7 Å². The fourth-order valence-electron chi connectivity index (χ4n) is 2.53. The molecule has 0 aliphatic carbocycles. The lowest BCUT2D eigenvalue weighted by atomic mass is 10.1. The number of aromatic nitrogens is 3. The first kappa shape index (κ1) is 10.1. The van der Waals surface area contributed by atoms with Gasteiger partial charge in [-0.2, -0.15) is 0 Å². The van der Waals surface area contributed by atoms with Gasteiger partial charge in [-0.3, -0.25) is 9.36 Å². The average Bonchev–Trinajstić information content (AvgIpc) is 3.04. The minimum absolute atomic E-state index is 0.0393. The number of rotatable bonds is 0. The highest BCUT2D eigenvalue weighted by Gasteiger charge is 2.38. The van der Waals surface area contributed by atoms with Gasteiger partial charge in [-0.25, -0.2) is 0 Å². The summed E-state index contributed by atoms with van der Waals surface area (Å²) in [4.78, 5) is 14.4. The van der Waals surface area contributed by atoms with E-state index in [1.807, 2.05) is 33.7 Å². The molecular weight excluding hydrogens is 248 g/mol. The first-order chi connectivity index (χ1) is 8.86. The van der Waals surface area contributed by atoms with Crippen LogP contribution in [0, 0.1) is 0 Å². The Morgan fingerprint density at radius 1 is 1.33 bits per heavy atom. The van der Waals surface area contributed by atoms with Crippen LogP contribution in [0.1, 0.15) is 22.2 Å². The van der Waals surface area contributed by atoms with E-state index >= 15 is 0 Å². The van der Waals surface area contributed by atoms with Crippen LogP contribution >= 0.6 is 11.8 Å². The summed E-state index contributed by atoms with van der Waals surface area (Å²) in [6.45, 7) is 0. The summed E-state index contributed by atoms with van der Waals surface area (Å²) in [5.41, 5.74) is 1.60. The summed E-state index contributed by atoms with van der Waals surface area (Å²) >= 11 is 1.76. The standard InChI is InChI=1S/C12H10N4OS/c17-12-8-3-1-2-4-9(8)15-6-13-14-11(15)10-5-18-7-16(10)12/h1-4,6,10H,5,7H2/t10-/m0/s1. The normalized spacial score (nSPS) is 21.2. The molecule has 0 saturated carbocycles. The molecule has 90 valence electrons. The van der Waals surface area contributed by atoms with Crippen LogP contribution < -0.4 is 0 Å². The molecule has 2 aliphatic heterocycles. The predicted octanol–water partition coefficient (Wildman–Crippen LogP) is 1.47. The number of fused-ring (bicyclic) bond motifs is 5. The number of thioether (sulfide) groups is 1. The van der Waals surface area contributed by atoms with Gasteiger partial charge in [-0.05, 0) is 12.1 Å². The molecule has 1 atom stereocenters. The van der Waals surface area contributed by atoms with Crippen LogP contribution in [0.5, 0.6) is 0 Å². The number of hydrogen-bond acceptors (Lipinski definition) is 4. The molecule has 0 unspecified atom stereocenters. The van der Waals surface area contributed by atoms with Gasteiger partial charge < -0.3 is 4.90 Å². The van der Waals surface area contributed by atoms with Crippen LogP contribution in [-0.2, 0) is 0 Å². The van der Waals surface area contributed by atoms with Gasteiger partial charge in [0.05, 0.1) is 17.1 Å². The van der Waals surface area contributed by atoms with Gasteiger partial charge in [0, 0.05) is 5.75 Å². The second kappa shape index (κ2) is 3.58. The Hall–Kier alpha value is -1.82.